The first kappa shape index (κ1) is 27.4. The molecule has 4 N–H and O–H groups in total. The Hall–Kier alpha value is -3.21. The van der Waals surface area contributed by atoms with Gasteiger partial charge in [-0.2, -0.15) is 0 Å². The Kier molecular flexibility index (Phi) is 6.85. The Labute approximate surface area is 228 Å². The van der Waals surface area contributed by atoms with E-state index in [0.717, 1.165) is 23.2 Å². The number of amides is 1. The molecule has 2 bridgehead atoms. The highest BCUT2D eigenvalue weighted by atomic mass is 16.5. The number of Topliss-reactive ketones (excluding diaryl/α,β-unsaturated/α-hetero) is 2. The van der Waals surface area contributed by atoms with Crippen LogP contribution < -0.4 is 15.8 Å². The first-order valence-electron chi connectivity index (χ1n) is 13.4. The first-order chi connectivity index (χ1) is 18.4. The van der Waals surface area contributed by atoms with Crippen LogP contribution in [0, 0.1) is 6.92 Å². The topological polar surface area (TPSA) is 134 Å². The maximum atomic E-state index is 13.8. The highest BCUT2D eigenvalue weighted by Gasteiger charge is 2.55. The van der Waals surface area contributed by atoms with Gasteiger partial charge in [-0.25, -0.2) is 0 Å². The summed E-state index contributed by atoms with van der Waals surface area (Å²) in [6.45, 7) is 8.12. The van der Waals surface area contributed by atoms with Gasteiger partial charge in [0, 0.05) is 53.4 Å². The van der Waals surface area contributed by atoms with Gasteiger partial charge in [0.1, 0.15) is 0 Å². The van der Waals surface area contributed by atoms with Gasteiger partial charge in [-0.05, 0) is 52.3 Å². The van der Waals surface area contributed by atoms with Crippen LogP contribution in [0.5, 0.6) is 11.5 Å². The third-order valence-corrected chi connectivity index (χ3v) is 9.10. The van der Waals surface area contributed by atoms with Crippen LogP contribution in [0.1, 0.15) is 55.8 Å². The fraction of sp³-hybridized carbons (Fsp3) is 0.552. The van der Waals surface area contributed by atoms with E-state index in [1.54, 1.807) is 21.0 Å². The third-order valence-electron chi connectivity index (χ3n) is 9.10. The fourth-order valence-electron chi connectivity index (χ4n) is 7.35. The number of nitrogens with one attached hydrogen (secondary N) is 1. The Balaban J connectivity index is 1.71. The molecule has 10 nitrogen and oxygen atoms in total. The summed E-state index contributed by atoms with van der Waals surface area (Å²) in [6.07, 6.45) is 0.327. The quantitative estimate of drug-likeness (QED) is 0.476. The van der Waals surface area contributed by atoms with E-state index >= 15 is 0 Å². The number of phenols is 1. The summed E-state index contributed by atoms with van der Waals surface area (Å²) >= 11 is 0. The molecule has 1 aromatic rings. The molecule has 5 aliphatic rings. The minimum Gasteiger partial charge on any atom is -0.504 e. The number of benzene rings is 1. The van der Waals surface area contributed by atoms with Crippen LogP contribution in [0.25, 0.3) is 0 Å². The van der Waals surface area contributed by atoms with Crippen molar-refractivity contribution in [1.29, 1.82) is 0 Å². The summed E-state index contributed by atoms with van der Waals surface area (Å²) < 4.78 is 11.0. The molecule has 6 atom stereocenters. The Morgan fingerprint density at radius 3 is 2.54 bits per heavy atom. The normalized spacial score (nSPS) is 29.5. The number of ether oxygens (including phenoxy) is 2. The Bertz CT molecular complexity index is 1330. The molecule has 0 aromatic heterocycles. The van der Waals surface area contributed by atoms with Gasteiger partial charge in [-0.1, -0.05) is 6.07 Å². The number of allylic oxidation sites excluding steroid dienone is 2. The number of methoxy groups -OCH3 is 2. The number of aryl methyl sites for hydroxylation is 1. The van der Waals surface area contributed by atoms with Gasteiger partial charge in [-0.3, -0.25) is 24.2 Å². The lowest BCUT2D eigenvalue weighted by molar-refractivity contribution is -0.123. The van der Waals surface area contributed by atoms with Crippen LogP contribution in [0.15, 0.2) is 28.5 Å². The lowest BCUT2D eigenvalue weighted by atomic mass is 9.75. The molecular weight excluding hydrogens is 500 g/mol. The molecule has 4 heterocycles. The van der Waals surface area contributed by atoms with E-state index in [2.05, 4.69) is 28.1 Å². The van der Waals surface area contributed by atoms with Crippen molar-refractivity contribution in [3.8, 4) is 11.5 Å². The number of nitrogens with zero attached hydrogens (tertiary/aromatic N) is 2. The van der Waals surface area contributed by atoms with Gasteiger partial charge in [-0.15, -0.1) is 0 Å². The van der Waals surface area contributed by atoms with E-state index in [1.165, 1.54) is 7.11 Å². The summed E-state index contributed by atoms with van der Waals surface area (Å²) in [7, 11) is 4.97. The fourth-order valence-corrected chi connectivity index (χ4v) is 7.35. The van der Waals surface area contributed by atoms with E-state index in [1.807, 2.05) is 14.0 Å². The number of ketones is 2. The third kappa shape index (κ3) is 3.91. The van der Waals surface area contributed by atoms with Crippen LogP contribution in [0.4, 0.5) is 0 Å². The molecule has 1 fully saturated rings. The maximum absolute atomic E-state index is 13.8. The predicted molar refractivity (Wildman–Crippen MR) is 144 cm³/mol. The lowest BCUT2D eigenvalue weighted by Gasteiger charge is -2.49. The van der Waals surface area contributed by atoms with Gasteiger partial charge in [0.2, 0.25) is 11.7 Å². The zero-order valence-electron chi connectivity index (χ0n) is 23.6. The van der Waals surface area contributed by atoms with E-state index < -0.39 is 12.1 Å². The second-order valence-corrected chi connectivity index (χ2v) is 11.3. The molecule has 1 amide bonds. The summed E-state index contributed by atoms with van der Waals surface area (Å²) in [5, 5.41) is 14.4. The van der Waals surface area contributed by atoms with Gasteiger partial charge in [0.15, 0.2) is 23.0 Å². The molecule has 1 unspecified atom stereocenters. The summed E-state index contributed by atoms with van der Waals surface area (Å²) in [5.41, 5.74) is 9.65. The van der Waals surface area contributed by atoms with Crippen molar-refractivity contribution in [2.24, 2.45) is 5.73 Å². The van der Waals surface area contributed by atoms with Crippen LogP contribution in [-0.4, -0.2) is 90.9 Å². The Morgan fingerprint density at radius 2 is 1.92 bits per heavy atom. The van der Waals surface area contributed by atoms with Gasteiger partial charge >= 0.3 is 0 Å². The minimum absolute atomic E-state index is 0.00380. The van der Waals surface area contributed by atoms with E-state index in [0.29, 0.717) is 23.3 Å². The zero-order chi connectivity index (χ0) is 28.5. The number of fused-ring (bicyclic) bond motifs is 1. The standard InChI is InChI=1S/C29H38N4O6/c1-12-8-16-18-11-32(5)23(22(16)26(36)27(12)38-6)19-9-17-21(25(35)28(39-7)13(2)24(17)34)20(33(19)15(18)4)10-31-29(37)14(3)30/h8,14-15,18-20,23,36H,9-11,30H2,1-7H3,(H,31,37)/t14-,15-,18?,19-,20-,23-/m0/s1. The number of nitrogens with two attached hydrogens (primary N) is 1. The molecule has 1 aromatic carbocycles. The van der Waals surface area contributed by atoms with E-state index in [9.17, 15) is 19.5 Å². The van der Waals surface area contributed by atoms with Crippen LogP contribution >= 0.6 is 0 Å². The number of aromatic hydroxyl groups is 1. The number of rotatable bonds is 5. The Morgan fingerprint density at radius 1 is 1.23 bits per heavy atom. The molecular formula is C29H38N4O6. The molecule has 210 valence electrons. The van der Waals surface area contributed by atoms with Gasteiger partial charge in [0.05, 0.1) is 32.3 Å². The lowest BCUT2D eigenvalue weighted by Crippen LogP contribution is -2.60. The van der Waals surface area contributed by atoms with Crippen molar-refractivity contribution in [3.63, 3.8) is 0 Å². The second kappa shape index (κ2) is 9.76. The van der Waals surface area contributed by atoms with Crippen molar-refractivity contribution in [1.82, 2.24) is 15.1 Å². The first-order valence-corrected chi connectivity index (χ1v) is 13.4. The average Bonchev–Trinajstić information content (AvgIpc) is 3.06. The molecule has 0 saturated carbocycles. The molecule has 6 rings (SSSR count). The number of phenolic OH excluding ortho intramolecular Hbond substituents is 1. The van der Waals surface area contributed by atoms with Crippen LogP contribution in [-0.2, 0) is 19.1 Å². The molecule has 0 radical (unpaired) electrons. The summed E-state index contributed by atoms with van der Waals surface area (Å²) in [5.74, 6) is -0.265. The largest absolute Gasteiger partial charge is 0.504 e. The highest BCUT2D eigenvalue weighted by molar-refractivity contribution is 6.25. The predicted octanol–water partition coefficient (Wildman–Crippen LogP) is 1.46. The second-order valence-electron chi connectivity index (χ2n) is 11.3. The zero-order valence-corrected chi connectivity index (χ0v) is 23.6. The van der Waals surface area contributed by atoms with Gasteiger partial charge in [0.25, 0.3) is 0 Å². The molecule has 4 aliphatic heterocycles. The number of carbonyl (C=O) groups excluding carboxylic acids is 3. The summed E-state index contributed by atoms with van der Waals surface area (Å²) in [6, 6.07) is 0.189. The van der Waals surface area contributed by atoms with Crippen molar-refractivity contribution in [2.75, 3.05) is 34.4 Å². The van der Waals surface area contributed by atoms with Crippen LogP contribution in [0.2, 0.25) is 0 Å². The van der Waals surface area contributed by atoms with Crippen molar-refractivity contribution >= 4 is 17.5 Å². The smallest absolute Gasteiger partial charge is 0.236 e. The number of carbonyl (C=O) groups is 3. The molecule has 1 saturated heterocycles. The monoisotopic (exact) mass is 538 g/mol. The average molecular weight is 539 g/mol. The molecule has 0 spiro atoms. The SMILES string of the molecule is COC1=C(C)C(=O)C2=C(C1=O)[C@H](CNC(=O)[C@H](C)N)N1[C@@H](C)C3CN(C)[C@H](c4c3cc(C)c(OC)c4O)[C@@H]1C2. The maximum Gasteiger partial charge on any atom is 0.236 e. The van der Waals surface area contributed by atoms with Crippen molar-refractivity contribution < 1.29 is 29.0 Å². The van der Waals surface area contributed by atoms with Crippen molar-refractivity contribution in [3.05, 3.63) is 45.2 Å². The van der Waals surface area contributed by atoms with E-state index in [4.69, 9.17) is 15.2 Å². The van der Waals surface area contributed by atoms with E-state index in [-0.39, 0.29) is 65.1 Å². The van der Waals surface area contributed by atoms with Gasteiger partial charge < -0.3 is 25.6 Å². The summed E-state index contributed by atoms with van der Waals surface area (Å²) in [4.78, 5) is 44.6. The highest BCUT2D eigenvalue weighted by Crippen LogP contribution is 2.55. The number of likely N-dealkylation sites (N-methyl/N-ethyl adjacent to an activating group) is 1. The minimum atomic E-state index is -0.723. The van der Waals surface area contributed by atoms with Crippen molar-refractivity contribution in [2.45, 2.75) is 70.2 Å². The molecule has 10 heteroatoms. The van der Waals surface area contributed by atoms with Crippen LogP contribution in [0.3, 0.4) is 0 Å². The number of hydrogen-bond donors (Lipinski definition) is 3. The number of hydrogen-bond acceptors (Lipinski definition) is 9. The molecule has 1 aliphatic carbocycles. The molecule has 39 heavy (non-hydrogen) atoms.